The van der Waals surface area contributed by atoms with Gasteiger partial charge < -0.3 is 5.32 Å². The van der Waals surface area contributed by atoms with Crippen LogP contribution in [0.25, 0.3) is 0 Å². The Hall–Kier alpha value is -1.60. The fourth-order valence-electron chi connectivity index (χ4n) is 3.18. The zero-order chi connectivity index (χ0) is 19.6. The van der Waals surface area contributed by atoms with Gasteiger partial charge in [0.1, 0.15) is 6.04 Å². The number of nitrogens with zero attached hydrogens (tertiary/aromatic N) is 1. The van der Waals surface area contributed by atoms with Crippen LogP contribution in [0.4, 0.5) is 5.69 Å². The Balaban J connectivity index is 1.86. The Morgan fingerprint density at radius 1 is 1.07 bits per heavy atom. The third-order valence-electron chi connectivity index (χ3n) is 4.62. The predicted molar refractivity (Wildman–Crippen MR) is 108 cm³/mol. The molecular formula is C19H20Cl2N2O3S. The minimum Gasteiger partial charge on any atom is -0.324 e. The molecule has 0 bridgehead atoms. The molecule has 3 rings (SSSR count). The third-order valence-corrected chi connectivity index (χ3v) is 7.03. The molecule has 2 aromatic rings. The number of halogens is 2. The molecule has 27 heavy (non-hydrogen) atoms. The zero-order valence-corrected chi connectivity index (χ0v) is 17.1. The number of hydrogen-bond acceptors (Lipinski definition) is 3. The topological polar surface area (TPSA) is 66.5 Å². The van der Waals surface area contributed by atoms with Crippen molar-refractivity contribution in [3.63, 3.8) is 0 Å². The molecule has 0 aromatic heterocycles. The number of carbonyl (C=O) groups excluding carboxylic acids is 1. The van der Waals surface area contributed by atoms with Gasteiger partial charge in [0.2, 0.25) is 15.9 Å². The van der Waals surface area contributed by atoms with E-state index in [0.717, 1.165) is 18.4 Å². The summed E-state index contributed by atoms with van der Waals surface area (Å²) in [4.78, 5) is 13.0. The van der Waals surface area contributed by atoms with Crippen LogP contribution < -0.4 is 5.32 Å². The van der Waals surface area contributed by atoms with Crippen molar-refractivity contribution < 1.29 is 13.2 Å². The second kappa shape index (κ2) is 8.19. The fourth-order valence-corrected chi connectivity index (χ4v) is 5.19. The van der Waals surface area contributed by atoms with Crippen LogP contribution in [0, 0.1) is 6.92 Å². The minimum atomic E-state index is -3.79. The van der Waals surface area contributed by atoms with E-state index in [1.54, 1.807) is 18.2 Å². The number of sulfonamides is 1. The van der Waals surface area contributed by atoms with E-state index in [1.165, 1.54) is 28.6 Å². The summed E-state index contributed by atoms with van der Waals surface area (Å²) in [5, 5.41) is 3.88. The summed E-state index contributed by atoms with van der Waals surface area (Å²) in [6.45, 7) is 2.15. The first kappa shape index (κ1) is 20.1. The predicted octanol–water partition coefficient (Wildman–Crippen LogP) is 4.48. The maximum absolute atomic E-state index is 13.1. The van der Waals surface area contributed by atoms with Gasteiger partial charge in [0.25, 0.3) is 0 Å². The van der Waals surface area contributed by atoms with E-state index in [4.69, 9.17) is 23.2 Å². The Labute approximate surface area is 169 Å². The normalized spacial score (nSPS) is 18.3. The summed E-state index contributed by atoms with van der Waals surface area (Å²) in [5.74, 6) is -0.335. The number of nitrogens with one attached hydrogen (secondary N) is 1. The van der Waals surface area contributed by atoms with Crippen LogP contribution in [0.15, 0.2) is 47.4 Å². The second-order valence-corrected chi connectivity index (χ2v) is 9.29. The fraction of sp³-hybridized carbons (Fsp3) is 0.316. The lowest BCUT2D eigenvalue weighted by Crippen LogP contribution is -2.49. The molecule has 0 aliphatic carbocycles. The highest BCUT2D eigenvalue weighted by atomic mass is 35.5. The molecule has 0 saturated carbocycles. The van der Waals surface area contributed by atoms with E-state index in [0.29, 0.717) is 28.7 Å². The average molecular weight is 427 g/mol. The molecule has 1 heterocycles. The highest BCUT2D eigenvalue weighted by molar-refractivity contribution is 7.89. The van der Waals surface area contributed by atoms with Crippen LogP contribution in [0.5, 0.6) is 0 Å². The van der Waals surface area contributed by atoms with E-state index in [-0.39, 0.29) is 10.8 Å². The van der Waals surface area contributed by atoms with Crippen LogP contribution in [0.1, 0.15) is 24.8 Å². The zero-order valence-electron chi connectivity index (χ0n) is 14.8. The van der Waals surface area contributed by atoms with E-state index in [9.17, 15) is 13.2 Å². The van der Waals surface area contributed by atoms with Crippen molar-refractivity contribution in [2.45, 2.75) is 37.1 Å². The number of amides is 1. The summed E-state index contributed by atoms with van der Waals surface area (Å²) >= 11 is 11.8. The van der Waals surface area contributed by atoms with Gasteiger partial charge in [-0.1, -0.05) is 29.6 Å². The monoisotopic (exact) mass is 426 g/mol. The largest absolute Gasteiger partial charge is 0.324 e. The average Bonchev–Trinajstić information content (AvgIpc) is 2.64. The van der Waals surface area contributed by atoms with Crippen molar-refractivity contribution in [1.29, 1.82) is 0 Å². The molecule has 1 amide bonds. The molecule has 8 heteroatoms. The first-order chi connectivity index (χ1) is 12.8. The number of hydrogen-bond donors (Lipinski definition) is 1. The van der Waals surface area contributed by atoms with Gasteiger partial charge in [-0.3, -0.25) is 4.79 Å². The van der Waals surface area contributed by atoms with Crippen LogP contribution in [-0.2, 0) is 14.8 Å². The summed E-state index contributed by atoms with van der Waals surface area (Å²) in [7, 11) is -3.79. The Morgan fingerprint density at radius 2 is 1.74 bits per heavy atom. The second-order valence-electron chi connectivity index (χ2n) is 6.53. The van der Waals surface area contributed by atoms with Crippen LogP contribution in [0.3, 0.4) is 0 Å². The van der Waals surface area contributed by atoms with Crippen molar-refractivity contribution in [3.05, 3.63) is 58.1 Å². The minimum absolute atomic E-state index is 0.134. The molecule has 5 nitrogen and oxygen atoms in total. The first-order valence-electron chi connectivity index (χ1n) is 8.63. The standard InChI is InChI=1S/C19H20Cl2N2O3S/c1-13-12-15(21)7-10-17(13)22-19(24)18-4-2-3-11-23(18)27(25,26)16-8-5-14(20)6-9-16/h5-10,12,18H,2-4,11H2,1H3,(H,22,24)/t18-/m0/s1. The molecule has 1 atom stereocenters. The molecule has 0 spiro atoms. The molecule has 1 aliphatic rings. The highest BCUT2D eigenvalue weighted by Gasteiger charge is 2.37. The van der Waals surface area contributed by atoms with Gasteiger partial charge in [-0.2, -0.15) is 4.31 Å². The Bertz CT molecular complexity index is 946. The summed E-state index contributed by atoms with van der Waals surface area (Å²) in [5.41, 5.74) is 1.44. The van der Waals surface area contributed by atoms with Crippen LogP contribution in [-0.4, -0.2) is 31.2 Å². The molecule has 1 N–H and O–H groups in total. The van der Waals surface area contributed by atoms with E-state index >= 15 is 0 Å². The molecule has 1 saturated heterocycles. The van der Waals surface area contributed by atoms with Crippen molar-refractivity contribution >= 4 is 44.8 Å². The molecule has 0 radical (unpaired) electrons. The molecule has 1 fully saturated rings. The van der Waals surface area contributed by atoms with Gasteiger partial charge >= 0.3 is 0 Å². The maximum atomic E-state index is 13.1. The number of benzene rings is 2. The van der Waals surface area contributed by atoms with Crippen molar-refractivity contribution in [3.8, 4) is 0 Å². The number of anilines is 1. The van der Waals surface area contributed by atoms with Gasteiger partial charge in [0.15, 0.2) is 0 Å². The Morgan fingerprint density at radius 3 is 2.41 bits per heavy atom. The van der Waals surface area contributed by atoms with Gasteiger partial charge in [-0.25, -0.2) is 8.42 Å². The van der Waals surface area contributed by atoms with Gasteiger partial charge in [0.05, 0.1) is 4.90 Å². The lowest BCUT2D eigenvalue weighted by atomic mass is 10.0. The molecule has 2 aromatic carbocycles. The number of piperidine rings is 1. The number of aryl methyl sites for hydroxylation is 1. The highest BCUT2D eigenvalue weighted by Crippen LogP contribution is 2.28. The number of carbonyl (C=O) groups is 1. The van der Waals surface area contributed by atoms with E-state index in [2.05, 4.69) is 5.32 Å². The summed E-state index contributed by atoms with van der Waals surface area (Å²) < 4.78 is 27.4. The molecule has 0 unspecified atom stereocenters. The molecule has 1 aliphatic heterocycles. The van der Waals surface area contributed by atoms with Crippen molar-refractivity contribution in [1.82, 2.24) is 4.31 Å². The molecular weight excluding hydrogens is 407 g/mol. The SMILES string of the molecule is Cc1cc(Cl)ccc1NC(=O)[C@@H]1CCCCN1S(=O)(=O)c1ccc(Cl)cc1. The van der Waals surface area contributed by atoms with Crippen LogP contribution in [0.2, 0.25) is 10.0 Å². The smallest absolute Gasteiger partial charge is 0.243 e. The van der Waals surface area contributed by atoms with Crippen molar-refractivity contribution in [2.24, 2.45) is 0 Å². The summed E-state index contributed by atoms with van der Waals surface area (Å²) in [6, 6.07) is 10.4. The lowest BCUT2D eigenvalue weighted by molar-refractivity contribution is -0.120. The molecule has 144 valence electrons. The Kier molecular flexibility index (Phi) is 6.11. The quantitative estimate of drug-likeness (QED) is 0.782. The summed E-state index contributed by atoms with van der Waals surface area (Å²) in [6.07, 6.45) is 1.99. The van der Waals surface area contributed by atoms with Crippen LogP contribution >= 0.6 is 23.2 Å². The van der Waals surface area contributed by atoms with Gasteiger partial charge in [-0.15, -0.1) is 0 Å². The first-order valence-corrected chi connectivity index (χ1v) is 10.8. The number of rotatable bonds is 4. The van der Waals surface area contributed by atoms with Gasteiger partial charge in [0, 0.05) is 22.3 Å². The van der Waals surface area contributed by atoms with Crippen molar-refractivity contribution in [2.75, 3.05) is 11.9 Å². The van der Waals surface area contributed by atoms with Gasteiger partial charge in [-0.05, 0) is 67.8 Å². The third kappa shape index (κ3) is 4.46. The lowest BCUT2D eigenvalue weighted by Gasteiger charge is -2.33. The van der Waals surface area contributed by atoms with E-state index in [1.807, 2.05) is 6.92 Å². The van der Waals surface area contributed by atoms with E-state index < -0.39 is 16.1 Å². The maximum Gasteiger partial charge on any atom is 0.243 e.